The van der Waals surface area contributed by atoms with E-state index in [0.717, 1.165) is 32.5 Å². The Labute approximate surface area is 121 Å². The molecule has 4 unspecified atom stereocenters. The van der Waals surface area contributed by atoms with Crippen LogP contribution in [-0.2, 0) is 15.9 Å². The zero-order valence-electron chi connectivity index (χ0n) is 12.5. The first-order chi connectivity index (χ1) is 9.78. The molecule has 3 rings (SSSR count). The Hall–Kier alpha value is -0.900. The molecule has 1 saturated heterocycles. The summed E-state index contributed by atoms with van der Waals surface area (Å²) < 4.78 is 11.8. The molecule has 2 aliphatic rings. The number of benzene rings is 1. The van der Waals surface area contributed by atoms with E-state index in [4.69, 9.17) is 9.47 Å². The highest BCUT2D eigenvalue weighted by atomic mass is 16.5. The van der Waals surface area contributed by atoms with Gasteiger partial charge in [-0.25, -0.2) is 0 Å². The summed E-state index contributed by atoms with van der Waals surface area (Å²) in [5, 5.41) is 3.48. The molecule has 0 aromatic heterocycles. The van der Waals surface area contributed by atoms with Gasteiger partial charge in [0.05, 0.1) is 25.4 Å². The summed E-state index contributed by atoms with van der Waals surface area (Å²) in [5.41, 5.74) is 2.83. The van der Waals surface area contributed by atoms with Crippen LogP contribution in [0, 0.1) is 5.92 Å². The van der Waals surface area contributed by atoms with Crippen molar-refractivity contribution in [1.29, 1.82) is 0 Å². The first-order valence-electron chi connectivity index (χ1n) is 7.76. The van der Waals surface area contributed by atoms with Gasteiger partial charge in [-0.15, -0.1) is 0 Å². The van der Waals surface area contributed by atoms with Crippen molar-refractivity contribution in [2.24, 2.45) is 5.92 Å². The van der Waals surface area contributed by atoms with E-state index in [2.05, 4.69) is 43.6 Å². The lowest BCUT2D eigenvalue weighted by atomic mass is 9.88. The van der Waals surface area contributed by atoms with E-state index in [9.17, 15) is 0 Å². The molecule has 20 heavy (non-hydrogen) atoms. The van der Waals surface area contributed by atoms with Gasteiger partial charge in [0.1, 0.15) is 0 Å². The van der Waals surface area contributed by atoms with Gasteiger partial charge in [-0.2, -0.15) is 0 Å². The highest BCUT2D eigenvalue weighted by Crippen LogP contribution is 2.33. The molecular weight excluding hydrogens is 250 g/mol. The van der Waals surface area contributed by atoms with Crippen LogP contribution >= 0.6 is 0 Å². The molecule has 3 heteroatoms. The Morgan fingerprint density at radius 2 is 2.15 bits per heavy atom. The Balaban J connectivity index is 1.70. The van der Waals surface area contributed by atoms with E-state index in [0.29, 0.717) is 18.1 Å². The summed E-state index contributed by atoms with van der Waals surface area (Å²) in [5.74, 6) is 0.604. The van der Waals surface area contributed by atoms with Gasteiger partial charge in [-0.1, -0.05) is 24.3 Å². The zero-order chi connectivity index (χ0) is 13.9. The predicted molar refractivity (Wildman–Crippen MR) is 79.8 cm³/mol. The van der Waals surface area contributed by atoms with Crippen LogP contribution in [0.2, 0.25) is 0 Å². The number of nitrogens with one attached hydrogen (secondary N) is 1. The lowest BCUT2D eigenvalue weighted by molar-refractivity contribution is 0.0242. The maximum Gasteiger partial charge on any atom is 0.0842 e. The molecule has 3 nitrogen and oxygen atoms in total. The monoisotopic (exact) mass is 275 g/mol. The fourth-order valence-corrected chi connectivity index (χ4v) is 3.58. The van der Waals surface area contributed by atoms with Gasteiger partial charge in [0, 0.05) is 12.0 Å². The normalized spacial score (nSPS) is 31.0. The van der Waals surface area contributed by atoms with Crippen LogP contribution in [0.4, 0.5) is 0 Å². The number of rotatable bonds is 4. The number of ether oxygens (including phenoxy) is 2. The molecule has 0 radical (unpaired) electrons. The second-order valence-corrected chi connectivity index (χ2v) is 6.08. The van der Waals surface area contributed by atoms with Crippen molar-refractivity contribution in [3.05, 3.63) is 35.4 Å². The van der Waals surface area contributed by atoms with Gasteiger partial charge in [-0.05, 0) is 44.4 Å². The standard InChI is InChI=1S/C17H25NO2/c1-12-9-14(11-20-12)16(18-2)10-17-15-6-4-3-5-13(15)7-8-19-17/h3-6,12,14,16-18H,7-11H2,1-2H3. The van der Waals surface area contributed by atoms with Crippen LogP contribution in [0.5, 0.6) is 0 Å². The second-order valence-electron chi connectivity index (χ2n) is 6.08. The molecular formula is C17H25NO2. The SMILES string of the molecule is CNC(CC1OCCc2ccccc21)C1COC(C)C1. The summed E-state index contributed by atoms with van der Waals surface area (Å²) in [6, 6.07) is 9.18. The first-order valence-corrected chi connectivity index (χ1v) is 7.76. The topological polar surface area (TPSA) is 30.5 Å². The summed E-state index contributed by atoms with van der Waals surface area (Å²) in [6.45, 7) is 3.88. The number of fused-ring (bicyclic) bond motifs is 1. The number of hydrogen-bond acceptors (Lipinski definition) is 3. The predicted octanol–water partition coefficient (Wildman–Crippen LogP) is 2.70. The number of hydrogen-bond donors (Lipinski definition) is 1. The van der Waals surface area contributed by atoms with Crippen molar-refractivity contribution >= 4 is 0 Å². The molecule has 0 saturated carbocycles. The molecule has 1 N–H and O–H groups in total. The van der Waals surface area contributed by atoms with Gasteiger partial charge < -0.3 is 14.8 Å². The molecule has 4 atom stereocenters. The highest BCUT2D eigenvalue weighted by Gasteiger charge is 2.32. The Morgan fingerprint density at radius 3 is 2.90 bits per heavy atom. The lowest BCUT2D eigenvalue weighted by Crippen LogP contribution is -2.36. The largest absolute Gasteiger partial charge is 0.378 e. The van der Waals surface area contributed by atoms with E-state index in [1.807, 2.05) is 0 Å². The van der Waals surface area contributed by atoms with Gasteiger partial charge in [-0.3, -0.25) is 0 Å². The molecule has 0 spiro atoms. The quantitative estimate of drug-likeness (QED) is 0.916. The minimum Gasteiger partial charge on any atom is -0.378 e. The van der Waals surface area contributed by atoms with E-state index < -0.39 is 0 Å². The maximum atomic E-state index is 6.04. The van der Waals surface area contributed by atoms with Crippen LogP contribution in [-0.4, -0.2) is 32.4 Å². The molecule has 1 aromatic rings. The van der Waals surface area contributed by atoms with Gasteiger partial charge >= 0.3 is 0 Å². The molecule has 2 heterocycles. The Morgan fingerprint density at radius 1 is 1.30 bits per heavy atom. The van der Waals surface area contributed by atoms with Gasteiger partial charge in [0.15, 0.2) is 0 Å². The summed E-state index contributed by atoms with van der Waals surface area (Å²) in [6.07, 6.45) is 3.86. The van der Waals surface area contributed by atoms with E-state index in [-0.39, 0.29) is 6.10 Å². The lowest BCUT2D eigenvalue weighted by Gasteiger charge is -2.31. The third kappa shape index (κ3) is 2.90. The van der Waals surface area contributed by atoms with E-state index in [1.54, 1.807) is 0 Å². The molecule has 0 bridgehead atoms. The zero-order valence-corrected chi connectivity index (χ0v) is 12.5. The molecule has 1 fully saturated rings. The Bertz CT molecular complexity index is 448. The van der Waals surface area contributed by atoms with Gasteiger partial charge in [0.2, 0.25) is 0 Å². The molecule has 2 aliphatic heterocycles. The Kier molecular flexibility index (Phi) is 4.39. The van der Waals surface area contributed by atoms with E-state index in [1.165, 1.54) is 11.1 Å². The van der Waals surface area contributed by atoms with Crippen LogP contribution in [0.15, 0.2) is 24.3 Å². The van der Waals surface area contributed by atoms with Gasteiger partial charge in [0.25, 0.3) is 0 Å². The minimum atomic E-state index is 0.230. The fraction of sp³-hybridized carbons (Fsp3) is 0.647. The molecule has 110 valence electrons. The van der Waals surface area contributed by atoms with Crippen LogP contribution < -0.4 is 5.32 Å². The maximum absolute atomic E-state index is 6.04. The minimum absolute atomic E-state index is 0.230. The first kappa shape index (κ1) is 14.1. The van der Waals surface area contributed by atoms with Crippen LogP contribution in [0.3, 0.4) is 0 Å². The summed E-state index contributed by atoms with van der Waals surface area (Å²) in [7, 11) is 2.06. The van der Waals surface area contributed by atoms with E-state index >= 15 is 0 Å². The average molecular weight is 275 g/mol. The van der Waals surface area contributed by atoms with Crippen molar-refractivity contribution in [3.63, 3.8) is 0 Å². The third-order valence-corrected chi connectivity index (χ3v) is 4.73. The van der Waals surface area contributed by atoms with Crippen molar-refractivity contribution in [2.75, 3.05) is 20.3 Å². The van der Waals surface area contributed by atoms with Crippen molar-refractivity contribution in [2.45, 2.75) is 44.4 Å². The van der Waals surface area contributed by atoms with Crippen molar-refractivity contribution in [1.82, 2.24) is 5.32 Å². The molecule has 0 amide bonds. The molecule has 0 aliphatic carbocycles. The van der Waals surface area contributed by atoms with Crippen LogP contribution in [0.25, 0.3) is 0 Å². The third-order valence-electron chi connectivity index (χ3n) is 4.73. The van der Waals surface area contributed by atoms with Crippen molar-refractivity contribution < 1.29 is 9.47 Å². The fourth-order valence-electron chi connectivity index (χ4n) is 3.58. The average Bonchev–Trinajstić information content (AvgIpc) is 2.91. The summed E-state index contributed by atoms with van der Waals surface area (Å²) in [4.78, 5) is 0. The van der Waals surface area contributed by atoms with Crippen molar-refractivity contribution in [3.8, 4) is 0 Å². The summed E-state index contributed by atoms with van der Waals surface area (Å²) >= 11 is 0. The molecule has 1 aromatic carbocycles. The van der Waals surface area contributed by atoms with Crippen LogP contribution in [0.1, 0.15) is 37.0 Å². The smallest absolute Gasteiger partial charge is 0.0842 e. The highest BCUT2D eigenvalue weighted by molar-refractivity contribution is 5.31. The second kappa shape index (κ2) is 6.25.